The monoisotopic (exact) mass is 295 g/mol. The molecule has 1 aromatic rings. The highest BCUT2D eigenvalue weighted by molar-refractivity contribution is 7.89. The van der Waals surface area contributed by atoms with Gasteiger partial charge in [-0.1, -0.05) is 6.07 Å². The van der Waals surface area contributed by atoms with Crippen molar-refractivity contribution in [1.29, 1.82) is 5.26 Å². The van der Waals surface area contributed by atoms with E-state index in [1.54, 1.807) is 12.1 Å². The van der Waals surface area contributed by atoms with E-state index >= 15 is 0 Å². The minimum atomic E-state index is -3.55. The number of ether oxygens (including phenoxy) is 1. The normalized spacial score (nSPS) is 16.8. The maximum atomic E-state index is 12.1. The van der Waals surface area contributed by atoms with Gasteiger partial charge in [0.2, 0.25) is 10.0 Å². The molecule has 7 heteroatoms. The van der Waals surface area contributed by atoms with Gasteiger partial charge in [0.1, 0.15) is 0 Å². The SMILES string of the molecule is N#Cc1cccc(S(=O)(=O)NCCN2CCOCC2)c1. The molecule has 0 aliphatic carbocycles. The van der Waals surface area contributed by atoms with Gasteiger partial charge in [-0.05, 0) is 18.2 Å². The van der Waals surface area contributed by atoms with E-state index in [9.17, 15) is 8.42 Å². The molecule has 0 amide bonds. The van der Waals surface area contributed by atoms with Crippen LogP contribution in [0.4, 0.5) is 0 Å². The molecule has 0 saturated carbocycles. The highest BCUT2D eigenvalue weighted by Gasteiger charge is 2.15. The van der Waals surface area contributed by atoms with Crippen molar-refractivity contribution in [1.82, 2.24) is 9.62 Å². The van der Waals surface area contributed by atoms with Crippen LogP contribution < -0.4 is 4.72 Å². The van der Waals surface area contributed by atoms with Crippen molar-refractivity contribution in [2.24, 2.45) is 0 Å². The van der Waals surface area contributed by atoms with Crippen molar-refractivity contribution in [2.45, 2.75) is 4.90 Å². The Bertz CT molecular complexity index is 589. The van der Waals surface area contributed by atoms with Crippen molar-refractivity contribution in [2.75, 3.05) is 39.4 Å². The summed E-state index contributed by atoms with van der Waals surface area (Å²) in [5, 5.41) is 8.79. The quantitative estimate of drug-likeness (QED) is 0.837. The molecule has 1 aromatic carbocycles. The Morgan fingerprint density at radius 2 is 2.10 bits per heavy atom. The number of sulfonamides is 1. The molecule has 0 spiro atoms. The van der Waals surface area contributed by atoms with E-state index < -0.39 is 10.0 Å². The van der Waals surface area contributed by atoms with Crippen LogP contribution in [0.25, 0.3) is 0 Å². The summed E-state index contributed by atoms with van der Waals surface area (Å²) in [5.41, 5.74) is 0.334. The van der Waals surface area contributed by atoms with Crippen molar-refractivity contribution >= 4 is 10.0 Å². The van der Waals surface area contributed by atoms with Crippen LogP contribution in [-0.2, 0) is 14.8 Å². The molecule has 108 valence electrons. The van der Waals surface area contributed by atoms with Gasteiger partial charge < -0.3 is 4.74 Å². The van der Waals surface area contributed by atoms with E-state index in [0.717, 1.165) is 13.1 Å². The summed E-state index contributed by atoms with van der Waals surface area (Å²) in [6.45, 7) is 4.03. The van der Waals surface area contributed by atoms with Gasteiger partial charge in [-0.15, -0.1) is 0 Å². The van der Waals surface area contributed by atoms with E-state index in [4.69, 9.17) is 10.00 Å². The van der Waals surface area contributed by atoms with Crippen molar-refractivity contribution in [3.05, 3.63) is 29.8 Å². The Balaban J connectivity index is 1.91. The number of rotatable bonds is 5. The number of nitrogens with zero attached hydrogens (tertiary/aromatic N) is 2. The summed E-state index contributed by atoms with van der Waals surface area (Å²) in [6, 6.07) is 7.93. The first-order chi connectivity index (χ1) is 9.62. The molecule has 1 N–H and O–H groups in total. The molecule has 0 atom stereocenters. The van der Waals surface area contributed by atoms with Crippen molar-refractivity contribution < 1.29 is 13.2 Å². The maximum Gasteiger partial charge on any atom is 0.240 e. The Hall–Kier alpha value is -1.46. The Labute approximate surface area is 119 Å². The second kappa shape index (κ2) is 6.81. The van der Waals surface area contributed by atoms with Crippen LogP contribution in [0.1, 0.15) is 5.56 Å². The lowest BCUT2D eigenvalue weighted by Crippen LogP contribution is -2.41. The van der Waals surface area contributed by atoms with Crippen LogP contribution in [0.3, 0.4) is 0 Å². The molecule has 1 heterocycles. The fourth-order valence-electron chi connectivity index (χ4n) is 1.98. The van der Waals surface area contributed by atoms with Crippen LogP contribution in [0.2, 0.25) is 0 Å². The lowest BCUT2D eigenvalue weighted by atomic mass is 10.2. The fourth-order valence-corrected chi connectivity index (χ4v) is 3.05. The highest BCUT2D eigenvalue weighted by atomic mass is 32.2. The maximum absolute atomic E-state index is 12.1. The first-order valence-corrected chi connectivity index (χ1v) is 7.90. The summed E-state index contributed by atoms with van der Waals surface area (Å²) >= 11 is 0. The van der Waals surface area contributed by atoms with E-state index in [1.165, 1.54) is 12.1 Å². The molecule has 1 fully saturated rings. The first kappa shape index (κ1) is 14.9. The van der Waals surface area contributed by atoms with E-state index in [0.29, 0.717) is 31.9 Å². The third kappa shape index (κ3) is 4.02. The minimum absolute atomic E-state index is 0.124. The summed E-state index contributed by atoms with van der Waals surface area (Å²) in [6.07, 6.45) is 0. The standard InChI is InChI=1S/C13H17N3O3S/c14-11-12-2-1-3-13(10-12)20(17,18)15-4-5-16-6-8-19-9-7-16/h1-3,10,15H,4-9H2. The van der Waals surface area contributed by atoms with Gasteiger partial charge >= 0.3 is 0 Å². The fraction of sp³-hybridized carbons (Fsp3) is 0.462. The number of benzene rings is 1. The second-order valence-corrected chi connectivity index (χ2v) is 6.26. The average molecular weight is 295 g/mol. The number of nitriles is 1. The summed E-state index contributed by atoms with van der Waals surface area (Å²) in [5.74, 6) is 0. The third-order valence-corrected chi connectivity index (χ3v) is 4.56. The molecule has 0 radical (unpaired) electrons. The lowest BCUT2D eigenvalue weighted by Gasteiger charge is -2.26. The van der Waals surface area contributed by atoms with Gasteiger partial charge in [0.15, 0.2) is 0 Å². The molecular formula is C13H17N3O3S. The molecular weight excluding hydrogens is 278 g/mol. The van der Waals surface area contributed by atoms with E-state index in [1.807, 2.05) is 6.07 Å². The van der Waals surface area contributed by atoms with Gasteiger partial charge in [-0.25, -0.2) is 13.1 Å². The molecule has 2 rings (SSSR count). The largest absolute Gasteiger partial charge is 0.379 e. The van der Waals surface area contributed by atoms with E-state index in [2.05, 4.69) is 9.62 Å². The molecule has 0 bridgehead atoms. The molecule has 0 aromatic heterocycles. The molecule has 1 saturated heterocycles. The predicted octanol–water partition coefficient (Wildman–Crippen LogP) is 0.169. The number of nitrogens with one attached hydrogen (secondary N) is 1. The smallest absolute Gasteiger partial charge is 0.240 e. The number of hydrogen-bond acceptors (Lipinski definition) is 5. The second-order valence-electron chi connectivity index (χ2n) is 4.49. The van der Waals surface area contributed by atoms with Crippen LogP contribution in [0, 0.1) is 11.3 Å². The van der Waals surface area contributed by atoms with Gasteiger partial charge in [0.05, 0.1) is 29.7 Å². The van der Waals surface area contributed by atoms with Crippen molar-refractivity contribution in [3.8, 4) is 6.07 Å². The Kier molecular flexibility index (Phi) is 5.09. The van der Waals surface area contributed by atoms with Gasteiger partial charge in [0.25, 0.3) is 0 Å². The summed E-state index contributed by atoms with van der Waals surface area (Å²) < 4.78 is 31.9. The number of hydrogen-bond donors (Lipinski definition) is 1. The summed E-state index contributed by atoms with van der Waals surface area (Å²) in [7, 11) is -3.55. The van der Waals surface area contributed by atoms with E-state index in [-0.39, 0.29) is 4.90 Å². The molecule has 1 aliphatic rings. The van der Waals surface area contributed by atoms with Gasteiger partial charge in [0, 0.05) is 26.2 Å². The van der Waals surface area contributed by atoms with Crippen LogP contribution >= 0.6 is 0 Å². The molecule has 0 unspecified atom stereocenters. The molecule has 1 aliphatic heterocycles. The Morgan fingerprint density at radius 1 is 1.35 bits per heavy atom. The topological polar surface area (TPSA) is 82.4 Å². The first-order valence-electron chi connectivity index (χ1n) is 6.42. The Morgan fingerprint density at radius 3 is 2.80 bits per heavy atom. The van der Waals surface area contributed by atoms with Crippen LogP contribution in [-0.4, -0.2) is 52.7 Å². The number of morpholine rings is 1. The van der Waals surface area contributed by atoms with Crippen LogP contribution in [0.15, 0.2) is 29.2 Å². The highest BCUT2D eigenvalue weighted by Crippen LogP contribution is 2.10. The zero-order valence-electron chi connectivity index (χ0n) is 11.1. The zero-order valence-corrected chi connectivity index (χ0v) is 11.9. The van der Waals surface area contributed by atoms with Crippen LogP contribution in [0.5, 0.6) is 0 Å². The summed E-state index contributed by atoms with van der Waals surface area (Å²) in [4.78, 5) is 2.27. The lowest BCUT2D eigenvalue weighted by molar-refractivity contribution is 0.0390. The minimum Gasteiger partial charge on any atom is -0.379 e. The van der Waals surface area contributed by atoms with Gasteiger partial charge in [-0.2, -0.15) is 5.26 Å². The van der Waals surface area contributed by atoms with Crippen molar-refractivity contribution in [3.63, 3.8) is 0 Å². The molecule has 6 nitrogen and oxygen atoms in total. The third-order valence-electron chi connectivity index (χ3n) is 3.10. The average Bonchev–Trinajstić information content (AvgIpc) is 2.48. The molecule has 20 heavy (non-hydrogen) atoms. The predicted molar refractivity (Wildman–Crippen MR) is 73.6 cm³/mol. The zero-order chi connectivity index (χ0) is 14.4. The van der Waals surface area contributed by atoms with Gasteiger partial charge in [-0.3, -0.25) is 4.90 Å².